The number of aliphatic carboxylic acids is 1. The second-order valence-electron chi connectivity index (χ2n) is 2.82. The Morgan fingerprint density at radius 3 is 2.12 bits per heavy atom. The molecule has 0 amide bonds. The van der Waals surface area contributed by atoms with Crippen LogP contribution in [0, 0.1) is 0 Å². The quantitative estimate of drug-likeness (QED) is 0.461. The van der Waals surface area contributed by atoms with Crippen molar-refractivity contribution >= 4 is 5.97 Å². The molecule has 0 aliphatic heterocycles. The Morgan fingerprint density at radius 1 is 1.31 bits per heavy atom. The van der Waals surface area contributed by atoms with Crippen LogP contribution in [-0.2, 0) is 11.2 Å². The van der Waals surface area contributed by atoms with Gasteiger partial charge < -0.3 is 24.3 Å². The standard InChI is InChI=1S/C9H11NO3.2Na.H2O.2H/c10-8(9(12)13)5-6-1-3-7(11)4-2-6;;;;;/h1-4,8,11H,5,10H2,(H,12,13);;;1H2;;/q;2*+1;;2*-1/t8-;;;;;/m0...../s1. The zero-order valence-corrected chi connectivity index (χ0v) is 13.5. The van der Waals surface area contributed by atoms with Crippen LogP contribution in [0.4, 0.5) is 0 Å². The van der Waals surface area contributed by atoms with E-state index in [1.54, 1.807) is 12.1 Å². The summed E-state index contributed by atoms with van der Waals surface area (Å²) in [6.45, 7) is 0. The van der Waals surface area contributed by atoms with Gasteiger partial charge in [0, 0.05) is 0 Å². The largest absolute Gasteiger partial charge is 1.00 e. The topological polar surface area (TPSA) is 115 Å². The monoisotopic (exact) mass is 247 g/mol. The van der Waals surface area contributed by atoms with E-state index in [9.17, 15) is 4.79 Å². The summed E-state index contributed by atoms with van der Waals surface area (Å²) in [6, 6.07) is 5.42. The molecule has 1 aromatic carbocycles. The number of aromatic hydroxyl groups is 1. The predicted molar refractivity (Wildman–Crippen MR) is 53.3 cm³/mol. The van der Waals surface area contributed by atoms with E-state index < -0.39 is 12.0 Å². The summed E-state index contributed by atoms with van der Waals surface area (Å²) >= 11 is 0. The van der Waals surface area contributed by atoms with Crippen molar-refractivity contribution in [2.75, 3.05) is 0 Å². The smallest absolute Gasteiger partial charge is 1.00 e. The first-order valence-corrected chi connectivity index (χ1v) is 3.86. The maximum absolute atomic E-state index is 10.4. The molecule has 0 saturated carbocycles. The van der Waals surface area contributed by atoms with Crippen molar-refractivity contribution in [3.05, 3.63) is 29.8 Å². The van der Waals surface area contributed by atoms with E-state index in [-0.39, 0.29) is 79.6 Å². The number of hydrogen-bond donors (Lipinski definition) is 3. The second-order valence-corrected chi connectivity index (χ2v) is 2.82. The second kappa shape index (κ2) is 10.6. The van der Waals surface area contributed by atoms with Gasteiger partial charge in [0.05, 0.1) is 0 Å². The van der Waals surface area contributed by atoms with Gasteiger partial charge in [-0.25, -0.2) is 0 Å². The maximum Gasteiger partial charge on any atom is 1.00 e. The van der Waals surface area contributed by atoms with Crippen molar-refractivity contribution in [3.8, 4) is 5.75 Å². The Morgan fingerprint density at radius 2 is 1.75 bits per heavy atom. The molecule has 82 valence electrons. The number of carboxylic acid groups (broad SMARTS) is 1. The normalized spacial score (nSPS) is 10.1. The Hall–Kier alpha value is 0.410. The van der Waals surface area contributed by atoms with Crippen LogP contribution in [-0.4, -0.2) is 27.7 Å². The third kappa shape index (κ3) is 7.65. The van der Waals surface area contributed by atoms with Gasteiger partial charge in [0.15, 0.2) is 0 Å². The Labute approximate surface area is 141 Å². The number of nitrogens with two attached hydrogens (primary N) is 1. The number of benzene rings is 1. The van der Waals surface area contributed by atoms with Crippen molar-refractivity contribution in [3.63, 3.8) is 0 Å². The third-order valence-corrected chi connectivity index (χ3v) is 1.71. The molecule has 5 nitrogen and oxygen atoms in total. The number of carbonyl (C=O) groups is 1. The van der Waals surface area contributed by atoms with Crippen molar-refractivity contribution in [2.24, 2.45) is 5.73 Å². The fraction of sp³-hybridized carbons (Fsp3) is 0.222. The van der Waals surface area contributed by atoms with E-state index in [4.69, 9.17) is 15.9 Å². The average molecular weight is 247 g/mol. The van der Waals surface area contributed by atoms with Gasteiger partial charge in [-0.05, 0) is 24.1 Å². The van der Waals surface area contributed by atoms with Crippen LogP contribution in [0.15, 0.2) is 24.3 Å². The molecule has 0 fully saturated rings. The summed E-state index contributed by atoms with van der Waals surface area (Å²) in [6.07, 6.45) is 0.273. The molecule has 6 N–H and O–H groups in total. The van der Waals surface area contributed by atoms with Crippen LogP contribution in [0.1, 0.15) is 8.42 Å². The number of rotatable bonds is 3. The molecule has 0 saturated heterocycles. The fourth-order valence-corrected chi connectivity index (χ4v) is 0.973. The van der Waals surface area contributed by atoms with Crippen LogP contribution in [0.5, 0.6) is 5.75 Å². The van der Waals surface area contributed by atoms with Crippen LogP contribution < -0.4 is 64.8 Å². The molecule has 0 bridgehead atoms. The fourth-order valence-electron chi connectivity index (χ4n) is 0.973. The Kier molecular flexibility index (Phi) is 14.3. The third-order valence-electron chi connectivity index (χ3n) is 1.71. The van der Waals surface area contributed by atoms with Gasteiger partial charge in [0.25, 0.3) is 0 Å². The average Bonchev–Trinajstić information content (AvgIpc) is 2.08. The summed E-state index contributed by atoms with van der Waals surface area (Å²) in [4.78, 5) is 10.4. The van der Waals surface area contributed by atoms with E-state index >= 15 is 0 Å². The molecule has 0 aliphatic rings. The molecule has 1 atom stereocenters. The molecule has 0 unspecified atom stereocenters. The molecule has 1 aromatic rings. The summed E-state index contributed by atoms with van der Waals surface area (Å²) in [7, 11) is 0. The minimum Gasteiger partial charge on any atom is -1.00 e. The molecule has 16 heavy (non-hydrogen) atoms. The number of phenolic OH excluding ortho intramolecular Hbond substituents is 1. The summed E-state index contributed by atoms with van der Waals surface area (Å²) in [5, 5.41) is 17.5. The van der Waals surface area contributed by atoms with Crippen molar-refractivity contribution < 1.29 is 82.5 Å². The Bertz CT molecular complexity index is 314. The molecule has 0 spiro atoms. The molecule has 0 aliphatic carbocycles. The van der Waals surface area contributed by atoms with Gasteiger partial charge in [-0.15, -0.1) is 0 Å². The summed E-state index contributed by atoms with van der Waals surface area (Å²) in [5.74, 6) is -0.860. The minimum atomic E-state index is -1.02. The predicted octanol–water partition coefficient (Wildman–Crippen LogP) is -6.25. The minimum absolute atomic E-state index is 0. The molecule has 0 aromatic heterocycles. The van der Waals surface area contributed by atoms with E-state index in [0.717, 1.165) is 5.56 Å². The first kappa shape index (κ1) is 21.7. The summed E-state index contributed by atoms with van der Waals surface area (Å²) in [5.41, 5.74) is 6.12. The summed E-state index contributed by atoms with van der Waals surface area (Å²) < 4.78 is 0. The molecule has 0 radical (unpaired) electrons. The molecule has 1 rings (SSSR count). The van der Waals surface area contributed by atoms with Crippen molar-refractivity contribution in [2.45, 2.75) is 12.5 Å². The van der Waals surface area contributed by atoms with E-state index in [1.807, 2.05) is 0 Å². The van der Waals surface area contributed by atoms with Gasteiger partial charge in [-0.2, -0.15) is 0 Å². The molecular formula is C9H15NNa2O4. The molecule has 7 heteroatoms. The molecular weight excluding hydrogens is 232 g/mol. The van der Waals surface area contributed by atoms with Gasteiger partial charge in [-0.3, -0.25) is 4.79 Å². The van der Waals surface area contributed by atoms with Gasteiger partial charge >= 0.3 is 65.1 Å². The number of phenols is 1. The Balaban J connectivity index is -0.000000113. The SMILES string of the molecule is N[C@@H](Cc1ccc(O)cc1)C(=O)O.O.[H-].[H-].[Na+].[Na+]. The van der Waals surface area contributed by atoms with Crippen LogP contribution in [0.2, 0.25) is 0 Å². The maximum atomic E-state index is 10.4. The van der Waals surface area contributed by atoms with Crippen LogP contribution >= 0.6 is 0 Å². The number of carboxylic acids is 1. The first-order chi connectivity index (χ1) is 6.09. The van der Waals surface area contributed by atoms with Crippen molar-refractivity contribution in [1.29, 1.82) is 0 Å². The van der Waals surface area contributed by atoms with Crippen molar-refractivity contribution in [1.82, 2.24) is 0 Å². The molecule has 0 heterocycles. The van der Waals surface area contributed by atoms with Gasteiger partial charge in [0.2, 0.25) is 0 Å². The van der Waals surface area contributed by atoms with E-state index in [2.05, 4.69) is 0 Å². The van der Waals surface area contributed by atoms with E-state index in [0.29, 0.717) is 0 Å². The zero-order chi connectivity index (χ0) is 9.84. The van der Waals surface area contributed by atoms with Gasteiger partial charge in [0.1, 0.15) is 11.8 Å². The van der Waals surface area contributed by atoms with Crippen LogP contribution in [0.25, 0.3) is 0 Å². The zero-order valence-electron chi connectivity index (χ0n) is 11.5. The van der Waals surface area contributed by atoms with Crippen LogP contribution in [0.3, 0.4) is 0 Å². The van der Waals surface area contributed by atoms with Gasteiger partial charge in [-0.1, -0.05) is 12.1 Å². The number of hydrogen-bond acceptors (Lipinski definition) is 3. The first-order valence-electron chi connectivity index (χ1n) is 3.86. The van der Waals surface area contributed by atoms with E-state index in [1.165, 1.54) is 12.1 Å².